The molecule has 15 heavy (non-hydrogen) atoms. The van der Waals surface area contributed by atoms with Crippen LogP contribution in [-0.2, 0) is 0 Å². The minimum atomic E-state index is 0.468. The third-order valence-electron chi connectivity index (χ3n) is 1.82. The Kier molecular flexibility index (Phi) is 2.94. The van der Waals surface area contributed by atoms with E-state index in [1.165, 1.54) is 0 Å². The van der Waals surface area contributed by atoms with Gasteiger partial charge in [-0.15, -0.1) is 0 Å². The summed E-state index contributed by atoms with van der Waals surface area (Å²) in [5.41, 5.74) is 5.34. The normalized spacial score (nSPS) is 10.2. The van der Waals surface area contributed by atoms with Crippen molar-refractivity contribution in [3.05, 3.63) is 36.7 Å². The molecule has 2 rings (SSSR count). The summed E-state index contributed by atoms with van der Waals surface area (Å²) >= 11 is 0. The third kappa shape index (κ3) is 2.32. The van der Waals surface area contributed by atoms with Crippen LogP contribution < -0.4 is 10.5 Å². The lowest BCUT2D eigenvalue weighted by molar-refractivity contribution is 0.315. The van der Waals surface area contributed by atoms with Gasteiger partial charge < -0.3 is 10.5 Å². The molecule has 0 radical (unpaired) electrons. The van der Waals surface area contributed by atoms with Gasteiger partial charge in [-0.05, 0) is 12.1 Å². The average Bonchev–Trinajstić information content (AvgIpc) is 2.80. The van der Waals surface area contributed by atoms with Gasteiger partial charge in [0.25, 0.3) is 0 Å². The zero-order valence-electron chi connectivity index (χ0n) is 8.21. The SMILES string of the molecule is NCCOc1cccc(-n2cccn2)n1. The van der Waals surface area contributed by atoms with Gasteiger partial charge in [0.05, 0.1) is 0 Å². The molecule has 0 bridgehead atoms. The monoisotopic (exact) mass is 204 g/mol. The number of pyridine rings is 1. The summed E-state index contributed by atoms with van der Waals surface area (Å²) in [6.07, 6.45) is 3.53. The van der Waals surface area contributed by atoms with Crippen molar-refractivity contribution in [3.8, 4) is 11.7 Å². The summed E-state index contributed by atoms with van der Waals surface area (Å²) in [5, 5.41) is 4.08. The minimum Gasteiger partial charge on any atom is -0.476 e. The first-order valence-corrected chi connectivity index (χ1v) is 4.70. The lowest BCUT2D eigenvalue weighted by atomic mass is 10.4. The van der Waals surface area contributed by atoms with Crippen molar-refractivity contribution in [3.63, 3.8) is 0 Å². The highest BCUT2D eigenvalue weighted by Crippen LogP contribution is 2.09. The number of rotatable bonds is 4. The molecule has 0 amide bonds. The Hall–Kier alpha value is -1.88. The standard InChI is InChI=1S/C10H12N4O/c11-5-8-15-10-4-1-3-9(13-10)14-7-2-6-12-14/h1-4,6-7H,5,8,11H2. The minimum absolute atomic E-state index is 0.468. The van der Waals surface area contributed by atoms with Gasteiger partial charge in [-0.2, -0.15) is 10.1 Å². The van der Waals surface area contributed by atoms with Crippen LogP contribution in [0.5, 0.6) is 5.88 Å². The molecule has 5 heteroatoms. The van der Waals surface area contributed by atoms with Crippen LogP contribution in [0.3, 0.4) is 0 Å². The van der Waals surface area contributed by atoms with Gasteiger partial charge in [0, 0.05) is 25.0 Å². The molecule has 0 aromatic carbocycles. The van der Waals surface area contributed by atoms with Crippen LogP contribution in [0.15, 0.2) is 36.7 Å². The molecule has 0 fully saturated rings. The summed E-state index contributed by atoms with van der Waals surface area (Å²) in [4.78, 5) is 4.28. The Bertz CT molecular complexity index is 413. The molecule has 0 aliphatic rings. The number of hydrogen-bond acceptors (Lipinski definition) is 4. The second-order valence-corrected chi connectivity index (χ2v) is 2.92. The van der Waals surface area contributed by atoms with Crippen LogP contribution in [0.25, 0.3) is 5.82 Å². The van der Waals surface area contributed by atoms with Crippen LogP contribution in [0.2, 0.25) is 0 Å². The second-order valence-electron chi connectivity index (χ2n) is 2.92. The predicted octanol–water partition coefficient (Wildman–Crippen LogP) is 0.605. The van der Waals surface area contributed by atoms with Crippen LogP contribution in [0.1, 0.15) is 0 Å². The second kappa shape index (κ2) is 4.56. The number of hydrogen-bond donors (Lipinski definition) is 1. The van der Waals surface area contributed by atoms with E-state index in [9.17, 15) is 0 Å². The van der Waals surface area contributed by atoms with Gasteiger partial charge in [0.2, 0.25) is 5.88 Å². The van der Waals surface area contributed by atoms with E-state index in [0.29, 0.717) is 19.0 Å². The fourth-order valence-electron chi connectivity index (χ4n) is 1.18. The average molecular weight is 204 g/mol. The maximum atomic E-state index is 5.34. The third-order valence-corrected chi connectivity index (χ3v) is 1.82. The van der Waals surface area contributed by atoms with Crippen LogP contribution >= 0.6 is 0 Å². The molecular weight excluding hydrogens is 192 g/mol. The summed E-state index contributed by atoms with van der Waals surface area (Å²) < 4.78 is 6.99. The summed E-state index contributed by atoms with van der Waals surface area (Å²) in [6, 6.07) is 7.37. The molecule has 2 aromatic heterocycles. The topological polar surface area (TPSA) is 66.0 Å². The van der Waals surface area contributed by atoms with E-state index in [-0.39, 0.29) is 0 Å². The molecule has 0 spiro atoms. The van der Waals surface area contributed by atoms with E-state index in [1.807, 2.05) is 24.4 Å². The van der Waals surface area contributed by atoms with Gasteiger partial charge in [-0.3, -0.25) is 0 Å². The highest BCUT2D eigenvalue weighted by atomic mass is 16.5. The number of aromatic nitrogens is 3. The lowest BCUT2D eigenvalue weighted by Gasteiger charge is -2.05. The Labute approximate surface area is 87.5 Å². The maximum Gasteiger partial charge on any atom is 0.215 e. The van der Waals surface area contributed by atoms with E-state index < -0.39 is 0 Å². The predicted molar refractivity (Wildman–Crippen MR) is 55.9 cm³/mol. The first-order chi connectivity index (χ1) is 7.40. The largest absolute Gasteiger partial charge is 0.476 e. The Morgan fingerprint density at radius 2 is 2.27 bits per heavy atom. The summed E-state index contributed by atoms with van der Waals surface area (Å²) in [5.74, 6) is 1.29. The Balaban J connectivity index is 2.19. The van der Waals surface area contributed by atoms with Crippen molar-refractivity contribution in [2.45, 2.75) is 0 Å². The summed E-state index contributed by atoms with van der Waals surface area (Å²) in [6.45, 7) is 0.948. The zero-order chi connectivity index (χ0) is 10.5. The van der Waals surface area contributed by atoms with Gasteiger partial charge in [0.15, 0.2) is 5.82 Å². The van der Waals surface area contributed by atoms with Gasteiger partial charge in [-0.1, -0.05) is 6.07 Å². The molecule has 0 aliphatic heterocycles. The first kappa shape index (κ1) is 9.67. The number of ether oxygens (including phenoxy) is 1. The highest BCUT2D eigenvalue weighted by molar-refractivity contribution is 5.26. The Morgan fingerprint density at radius 3 is 3.00 bits per heavy atom. The molecule has 2 N–H and O–H groups in total. The highest BCUT2D eigenvalue weighted by Gasteiger charge is 1.99. The van der Waals surface area contributed by atoms with Crippen molar-refractivity contribution in [1.29, 1.82) is 0 Å². The molecule has 0 aliphatic carbocycles. The van der Waals surface area contributed by atoms with Crippen molar-refractivity contribution >= 4 is 0 Å². The van der Waals surface area contributed by atoms with Crippen LogP contribution in [0.4, 0.5) is 0 Å². The summed E-state index contributed by atoms with van der Waals surface area (Å²) in [7, 11) is 0. The smallest absolute Gasteiger partial charge is 0.215 e. The molecule has 0 unspecified atom stereocenters. The fraction of sp³-hybridized carbons (Fsp3) is 0.200. The van der Waals surface area contributed by atoms with E-state index >= 15 is 0 Å². The number of nitrogens with two attached hydrogens (primary N) is 1. The molecule has 0 atom stereocenters. The van der Waals surface area contributed by atoms with E-state index in [2.05, 4.69) is 10.1 Å². The van der Waals surface area contributed by atoms with Crippen molar-refractivity contribution in [2.24, 2.45) is 5.73 Å². The van der Waals surface area contributed by atoms with E-state index in [1.54, 1.807) is 16.9 Å². The van der Waals surface area contributed by atoms with Crippen LogP contribution in [-0.4, -0.2) is 27.9 Å². The molecule has 2 heterocycles. The van der Waals surface area contributed by atoms with E-state index in [4.69, 9.17) is 10.5 Å². The van der Waals surface area contributed by atoms with Crippen molar-refractivity contribution in [1.82, 2.24) is 14.8 Å². The number of nitrogens with zero attached hydrogens (tertiary/aromatic N) is 3. The van der Waals surface area contributed by atoms with Crippen molar-refractivity contribution in [2.75, 3.05) is 13.2 Å². The van der Waals surface area contributed by atoms with Gasteiger partial charge in [-0.25, -0.2) is 4.68 Å². The fourth-order valence-corrected chi connectivity index (χ4v) is 1.18. The zero-order valence-corrected chi connectivity index (χ0v) is 8.21. The van der Waals surface area contributed by atoms with Crippen LogP contribution in [0, 0.1) is 0 Å². The first-order valence-electron chi connectivity index (χ1n) is 4.70. The Morgan fingerprint density at radius 1 is 1.33 bits per heavy atom. The lowest BCUT2D eigenvalue weighted by Crippen LogP contribution is -2.11. The van der Waals surface area contributed by atoms with E-state index in [0.717, 1.165) is 5.82 Å². The van der Waals surface area contributed by atoms with Crippen molar-refractivity contribution < 1.29 is 4.74 Å². The van der Waals surface area contributed by atoms with Gasteiger partial charge in [0.1, 0.15) is 6.61 Å². The molecule has 0 saturated heterocycles. The molecule has 2 aromatic rings. The quantitative estimate of drug-likeness (QED) is 0.792. The molecule has 0 saturated carbocycles. The molecular formula is C10H12N4O. The maximum absolute atomic E-state index is 5.34. The molecule has 5 nitrogen and oxygen atoms in total. The van der Waals surface area contributed by atoms with Gasteiger partial charge >= 0.3 is 0 Å². The molecule has 78 valence electrons.